The predicted molar refractivity (Wildman–Crippen MR) is 87.2 cm³/mol. The summed E-state index contributed by atoms with van der Waals surface area (Å²) in [5, 5.41) is 26.3. The van der Waals surface area contributed by atoms with E-state index < -0.39 is 5.82 Å². The number of hydrogen-bond donors (Lipinski definition) is 2. The van der Waals surface area contributed by atoms with Gasteiger partial charge in [0.05, 0.1) is 23.0 Å². The molecule has 1 aromatic heterocycles. The first kappa shape index (κ1) is 15.4. The quantitative estimate of drug-likeness (QED) is 0.676. The van der Waals surface area contributed by atoms with Crippen LogP contribution in [0, 0.1) is 17.1 Å². The maximum Gasteiger partial charge on any atom is 0.247 e. The Morgan fingerprint density at radius 2 is 1.88 bits per heavy atom. The Balaban J connectivity index is 1.57. The van der Waals surface area contributed by atoms with Gasteiger partial charge in [0.1, 0.15) is 5.82 Å². The van der Waals surface area contributed by atoms with Crippen molar-refractivity contribution in [2.45, 2.75) is 0 Å². The molecule has 2 N–H and O–H groups in total. The number of rotatable bonds is 6. The van der Waals surface area contributed by atoms with E-state index in [1.165, 1.54) is 6.07 Å². The largest absolute Gasteiger partial charge is 0.381 e. The van der Waals surface area contributed by atoms with Crippen LogP contribution in [0.15, 0.2) is 48.5 Å². The SMILES string of the molecule is N#Cc1ccc(NCCNc2nnnn2-c2ccccc2)c(F)c1. The van der Waals surface area contributed by atoms with Crippen molar-refractivity contribution >= 4 is 11.6 Å². The minimum atomic E-state index is -0.455. The summed E-state index contributed by atoms with van der Waals surface area (Å²) in [7, 11) is 0. The number of halogens is 1. The van der Waals surface area contributed by atoms with E-state index in [2.05, 4.69) is 26.2 Å². The summed E-state index contributed by atoms with van der Waals surface area (Å²) in [5.74, 6) is 0.0477. The lowest BCUT2D eigenvalue weighted by Crippen LogP contribution is -2.17. The third-order valence-corrected chi connectivity index (χ3v) is 3.29. The molecule has 0 amide bonds. The number of tetrazole rings is 1. The summed E-state index contributed by atoms with van der Waals surface area (Å²) in [6.45, 7) is 0.955. The predicted octanol–water partition coefficient (Wildman–Crippen LogP) is 2.20. The molecule has 8 heteroatoms. The van der Waals surface area contributed by atoms with E-state index in [0.29, 0.717) is 30.3 Å². The fraction of sp³-hybridized carbons (Fsp3) is 0.125. The van der Waals surface area contributed by atoms with Crippen LogP contribution in [0.25, 0.3) is 5.69 Å². The summed E-state index contributed by atoms with van der Waals surface area (Å²) in [4.78, 5) is 0. The fourth-order valence-corrected chi connectivity index (χ4v) is 2.14. The van der Waals surface area contributed by atoms with E-state index in [0.717, 1.165) is 5.69 Å². The Hall–Kier alpha value is -3.47. The molecule has 1 heterocycles. The third-order valence-electron chi connectivity index (χ3n) is 3.29. The molecule has 3 rings (SSSR count). The van der Waals surface area contributed by atoms with Crippen molar-refractivity contribution in [3.05, 3.63) is 59.9 Å². The van der Waals surface area contributed by atoms with E-state index in [4.69, 9.17) is 5.26 Å². The van der Waals surface area contributed by atoms with Crippen molar-refractivity contribution < 1.29 is 4.39 Å². The summed E-state index contributed by atoms with van der Waals surface area (Å²) in [6, 6.07) is 15.7. The lowest BCUT2D eigenvalue weighted by atomic mass is 10.2. The number of benzene rings is 2. The highest BCUT2D eigenvalue weighted by Gasteiger charge is 2.07. The molecule has 0 fully saturated rings. The van der Waals surface area contributed by atoms with Crippen LogP contribution in [0.3, 0.4) is 0 Å². The average Bonchev–Trinajstić information content (AvgIpc) is 3.09. The first-order valence-corrected chi connectivity index (χ1v) is 7.29. The maximum atomic E-state index is 13.8. The molecule has 24 heavy (non-hydrogen) atoms. The van der Waals surface area contributed by atoms with Crippen molar-refractivity contribution in [2.75, 3.05) is 23.7 Å². The molecule has 0 spiro atoms. The third kappa shape index (κ3) is 3.47. The monoisotopic (exact) mass is 323 g/mol. The molecular weight excluding hydrogens is 309 g/mol. The molecule has 0 saturated heterocycles. The van der Waals surface area contributed by atoms with Crippen molar-refractivity contribution in [1.29, 1.82) is 5.26 Å². The molecule has 0 radical (unpaired) electrons. The van der Waals surface area contributed by atoms with Gasteiger partial charge < -0.3 is 10.6 Å². The zero-order valence-corrected chi connectivity index (χ0v) is 12.6. The van der Waals surface area contributed by atoms with Gasteiger partial charge >= 0.3 is 0 Å². The van der Waals surface area contributed by atoms with E-state index in [1.54, 1.807) is 16.8 Å². The second kappa shape index (κ2) is 7.19. The summed E-state index contributed by atoms with van der Waals surface area (Å²) in [6.07, 6.45) is 0. The number of nitriles is 1. The van der Waals surface area contributed by atoms with Gasteiger partial charge in [0.2, 0.25) is 5.95 Å². The standard InChI is InChI=1S/C16H14FN7/c17-14-10-12(11-18)6-7-15(14)19-8-9-20-16-21-22-23-24(16)13-4-2-1-3-5-13/h1-7,10,19H,8-9H2,(H,20,21,23). The molecule has 2 aromatic carbocycles. The first-order valence-electron chi connectivity index (χ1n) is 7.29. The highest BCUT2D eigenvalue weighted by atomic mass is 19.1. The minimum Gasteiger partial charge on any atom is -0.381 e. The molecule has 0 atom stereocenters. The normalized spacial score (nSPS) is 10.2. The van der Waals surface area contributed by atoms with Crippen LogP contribution >= 0.6 is 0 Å². The van der Waals surface area contributed by atoms with Gasteiger partial charge in [-0.1, -0.05) is 23.3 Å². The van der Waals surface area contributed by atoms with Gasteiger partial charge in [0, 0.05) is 13.1 Å². The van der Waals surface area contributed by atoms with Gasteiger partial charge in [-0.15, -0.1) is 0 Å². The van der Waals surface area contributed by atoms with E-state index in [1.807, 2.05) is 36.4 Å². The summed E-state index contributed by atoms with van der Waals surface area (Å²) < 4.78 is 15.3. The number of nitrogens with one attached hydrogen (secondary N) is 2. The molecule has 120 valence electrons. The molecule has 0 aliphatic rings. The van der Waals surface area contributed by atoms with Crippen LogP contribution in [-0.2, 0) is 0 Å². The van der Waals surface area contributed by atoms with Gasteiger partial charge in [-0.3, -0.25) is 0 Å². The Kier molecular flexibility index (Phi) is 4.62. The van der Waals surface area contributed by atoms with Crippen LogP contribution < -0.4 is 10.6 Å². The molecule has 0 aliphatic carbocycles. The van der Waals surface area contributed by atoms with Crippen molar-refractivity contribution in [3.8, 4) is 11.8 Å². The van der Waals surface area contributed by atoms with Crippen molar-refractivity contribution in [3.63, 3.8) is 0 Å². The highest BCUT2D eigenvalue weighted by Crippen LogP contribution is 2.15. The van der Waals surface area contributed by atoms with Gasteiger partial charge in [-0.05, 0) is 40.8 Å². The van der Waals surface area contributed by atoms with Gasteiger partial charge in [-0.25, -0.2) is 4.39 Å². The van der Waals surface area contributed by atoms with Gasteiger partial charge in [-0.2, -0.15) is 9.94 Å². The highest BCUT2D eigenvalue weighted by molar-refractivity contribution is 5.49. The van der Waals surface area contributed by atoms with Crippen LogP contribution in [0.1, 0.15) is 5.56 Å². The Labute approximate surface area is 137 Å². The smallest absolute Gasteiger partial charge is 0.247 e. The molecule has 7 nitrogen and oxygen atoms in total. The number of anilines is 2. The van der Waals surface area contributed by atoms with Gasteiger partial charge in [0.15, 0.2) is 0 Å². The van der Waals surface area contributed by atoms with Crippen molar-refractivity contribution in [2.24, 2.45) is 0 Å². The number of aromatic nitrogens is 4. The molecular formula is C16H14FN7. The molecule has 0 aliphatic heterocycles. The topological polar surface area (TPSA) is 91.4 Å². The van der Waals surface area contributed by atoms with Crippen molar-refractivity contribution in [1.82, 2.24) is 20.2 Å². The molecule has 0 bridgehead atoms. The van der Waals surface area contributed by atoms with Crippen LogP contribution in [0.2, 0.25) is 0 Å². The second-order valence-corrected chi connectivity index (χ2v) is 4.91. The maximum absolute atomic E-state index is 13.8. The lowest BCUT2D eigenvalue weighted by molar-refractivity contribution is 0.630. The molecule has 0 saturated carbocycles. The summed E-state index contributed by atoms with van der Waals surface area (Å²) >= 11 is 0. The lowest BCUT2D eigenvalue weighted by Gasteiger charge is -2.09. The minimum absolute atomic E-state index is 0.290. The van der Waals surface area contributed by atoms with E-state index in [9.17, 15) is 4.39 Å². The zero-order chi connectivity index (χ0) is 16.8. The molecule has 3 aromatic rings. The van der Waals surface area contributed by atoms with Crippen LogP contribution in [0.5, 0.6) is 0 Å². The Bertz CT molecular complexity index is 854. The first-order chi connectivity index (χ1) is 11.8. The van der Waals surface area contributed by atoms with Crippen LogP contribution in [0.4, 0.5) is 16.0 Å². The van der Waals surface area contributed by atoms with Gasteiger partial charge in [0.25, 0.3) is 0 Å². The number of hydrogen-bond acceptors (Lipinski definition) is 6. The number of nitrogens with zero attached hydrogens (tertiary/aromatic N) is 5. The average molecular weight is 323 g/mol. The number of para-hydroxylation sites is 1. The van der Waals surface area contributed by atoms with E-state index >= 15 is 0 Å². The van der Waals surface area contributed by atoms with E-state index in [-0.39, 0.29) is 0 Å². The zero-order valence-electron chi connectivity index (χ0n) is 12.6. The second-order valence-electron chi connectivity index (χ2n) is 4.91. The summed E-state index contributed by atoms with van der Waals surface area (Å²) in [5.41, 5.74) is 1.48. The molecule has 0 unspecified atom stereocenters. The fourth-order valence-electron chi connectivity index (χ4n) is 2.14. The Morgan fingerprint density at radius 3 is 2.62 bits per heavy atom. The Morgan fingerprint density at radius 1 is 1.08 bits per heavy atom. The van der Waals surface area contributed by atoms with Crippen LogP contribution in [-0.4, -0.2) is 33.3 Å².